The van der Waals surface area contributed by atoms with Crippen molar-refractivity contribution in [3.63, 3.8) is 0 Å². The van der Waals surface area contributed by atoms with Crippen molar-refractivity contribution in [2.75, 3.05) is 19.6 Å². The standard InChI is InChI=1S/C17H24N4O2S/c1-11(22)21-14(17(23)19-7-12-2-3-12)6-13-8-20(9-15(13)21)10-16-18-4-5-24-16/h4-5,12-15H,2-3,6-10H2,1H3,(H,19,23)/t13-,14-,15+/m0/s1. The van der Waals surface area contributed by atoms with Crippen molar-refractivity contribution in [1.82, 2.24) is 20.1 Å². The molecule has 4 rings (SSSR count). The summed E-state index contributed by atoms with van der Waals surface area (Å²) in [4.78, 5) is 33.3. The van der Waals surface area contributed by atoms with E-state index in [1.807, 2.05) is 16.5 Å². The van der Waals surface area contributed by atoms with Gasteiger partial charge < -0.3 is 10.2 Å². The van der Waals surface area contributed by atoms with Crippen LogP contribution in [0.3, 0.4) is 0 Å². The minimum absolute atomic E-state index is 0.0187. The summed E-state index contributed by atoms with van der Waals surface area (Å²) < 4.78 is 0. The summed E-state index contributed by atoms with van der Waals surface area (Å²) in [6.07, 6.45) is 5.06. The zero-order valence-electron chi connectivity index (χ0n) is 14.0. The second-order valence-corrected chi connectivity index (χ2v) is 8.29. The van der Waals surface area contributed by atoms with E-state index in [0.29, 0.717) is 11.8 Å². The fourth-order valence-electron chi connectivity index (χ4n) is 4.14. The van der Waals surface area contributed by atoms with Gasteiger partial charge in [0, 0.05) is 44.2 Å². The van der Waals surface area contributed by atoms with Gasteiger partial charge >= 0.3 is 0 Å². The Balaban J connectivity index is 1.39. The van der Waals surface area contributed by atoms with Crippen LogP contribution < -0.4 is 5.32 Å². The van der Waals surface area contributed by atoms with E-state index in [9.17, 15) is 9.59 Å². The third-order valence-corrected chi connectivity index (χ3v) is 6.24. The SMILES string of the molecule is CC(=O)N1[C@@H]2CN(Cc3nccs3)C[C@@H]2C[C@H]1C(=O)NCC1CC1. The van der Waals surface area contributed by atoms with Crippen molar-refractivity contribution >= 4 is 23.2 Å². The maximum Gasteiger partial charge on any atom is 0.242 e. The molecule has 1 saturated carbocycles. The van der Waals surface area contributed by atoms with Crippen molar-refractivity contribution in [2.45, 2.75) is 44.8 Å². The first-order valence-corrected chi connectivity index (χ1v) is 9.67. The van der Waals surface area contributed by atoms with Crippen molar-refractivity contribution in [3.05, 3.63) is 16.6 Å². The fraction of sp³-hybridized carbons (Fsp3) is 0.706. The predicted molar refractivity (Wildman–Crippen MR) is 91.3 cm³/mol. The highest BCUT2D eigenvalue weighted by Gasteiger charge is 2.50. The molecule has 24 heavy (non-hydrogen) atoms. The van der Waals surface area contributed by atoms with Gasteiger partial charge in [-0.05, 0) is 31.1 Å². The Bertz CT molecular complexity index is 616. The van der Waals surface area contributed by atoms with Gasteiger partial charge in [-0.3, -0.25) is 14.5 Å². The third-order valence-electron chi connectivity index (χ3n) is 5.47. The molecule has 2 saturated heterocycles. The zero-order valence-corrected chi connectivity index (χ0v) is 14.8. The van der Waals surface area contributed by atoms with Gasteiger partial charge in [0.15, 0.2) is 0 Å². The minimum atomic E-state index is -0.279. The molecule has 3 heterocycles. The average Bonchev–Trinajstić information content (AvgIpc) is 2.93. The van der Waals surface area contributed by atoms with Gasteiger partial charge in [0.2, 0.25) is 11.8 Å². The number of amides is 2. The summed E-state index contributed by atoms with van der Waals surface area (Å²) in [5, 5.41) is 6.16. The summed E-state index contributed by atoms with van der Waals surface area (Å²) in [6, 6.07) is -0.114. The van der Waals surface area contributed by atoms with Crippen molar-refractivity contribution in [2.24, 2.45) is 11.8 Å². The topological polar surface area (TPSA) is 65.5 Å². The maximum absolute atomic E-state index is 12.5. The van der Waals surface area contributed by atoms with Crippen molar-refractivity contribution < 1.29 is 9.59 Å². The number of aromatic nitrogens is 1. The smallest absolute Gasteiger partial charge is 0.242 e. The summed E-state index contributed by atoms with van der Waals surface area (Å²) in [6.45, 7) is 4.99. The number of hydrogen-bond donors (Lipinski definition) is 1. The first kappa shape index (κ1) is 16.0. The Morgan fingerprint density at radius 2 is 2.21 bits per heavy atom. The third kappa shape index (κ3) is 3.19. The first-order valence-electron chi connectivity index (χ1n) is 8.79. The Hall–Kier alpha value is -1.47. The van der Waals surface area contributed by atoms with Crippen LogP contribution in [-0.2, 0) is 16.1 Å². The summed E-state index contributed by atoms with van der Waals surface area (Å²) in [5.41, 5.74) is 0. The van der Waals surface area contributed by atoms with E-state index in [1.54, 1.807) is 18.3 Å². The molecular weight excluding hydrogens is 324 g/mol. The fourth-order valence-corrected chi connectivity index (χ4v) is 4.80. The normalized spacial score (nSPS) is 29.7. The molecule has 0 aromatic carbocycles. The quantitative estimate of drug-likeness (QED) is 0.865. The molecule has 130 valence electrons. The van der Waals surface area contributed by atoms with Crippen LogP contribution in [0.15, 0.2) is 11.6 Å². The lowest BCUT2D eigenvalue weighted by molar-refractivity contribution is -0.138. The highest BCUT2D eigenvalue weighted by Crippen LogP contribution is 2.37. The van der Waals surface area contributed by atoms with Crippen molar-refractivity contribution in [3.8, 4) is 0 Å². The Morgan fingerprint density at radius 1 is 1.38 bits per heavy atom. The average molecular weight is 348 g/mol. The lowest BCUT2D eigenvalue weighted by Gasteiger charge is -2.29. The molecule has 3 atom stereocenters. The van der Waals surface area contributed by atoms with E-state index in [1.165, 1.54) is 12.8 Å². The van der Waals surface area contributed by atoms with Gasteiger partial charge in [0.05, 0.1) is 6.54 Å². The lowest BCUT2D eigenvalue weighted by atomic mass is 10.0. The molecule has 1 aliphatic carbocycles. The summed E-state index contributed by atoms with van der Waals surface area (Å²) >= 11 is 1.67. The zero-order chi connectivity index (χ0) is 16.7. The Labute approximate surface area is 146 Å². The number of likely N-dealkylation sites (tertiary alicyclic amines) is 2. The van der Waals surface area contributed by atoms with Gasteiger partial charge in [-0.2, -0.15) is 0 Å². The molecule has 2 aliphatic heterocycles. The molecule has 1 N–H and O–H groups in total. The van der Waals surface area contributed by atoms with Crippen LogP contribution in [-0.4, -0.2) is 58.3 Å². The van der Waals surface area contributed by atoms with Gasteiger partial charge in [0.25, 0.3) is 0 Å². The second-order valence-electron chi connectivity index (χ2n) is 7.31. The first-order chi connectivity index (χ1) is 11.6. The van der Waals surface area contributed by atoms with Gasteiger partial charge in [-0.25, -0.2) is 4.98 Å². The van der Waals surface area contributed by atoms with E-state index in [-0.39, 0.29) is 23.9 Å². The molecule has 3 fully saturated rings. The minimum Gasteiger partial charge on any atom is -0.354 e. The number of carbonyl (C=O) groups excluding carboxylic acids is 2. The van der Waals surface area contributed by atoms with Crippen LogP contribution in [0.2, 0.25) is 0 Å². The number of nitrogens with zero attached hydrogens (tertiary/aromatic N) is 3. The van der Waals surface area contributed by atoms with Crippen LogP contribution in [0.5, 0.6) is 0 Å². The number of hydrogen-bond acceptors (Lipinski definition) is 5. The molecule has 6 nitrogen and oxygen atoms in total. The Morgan fingerprint density at radius 3 is 2.88 bits per heavy atom. The lowest BCUT2D eigenvalue weighted by Crippen LogP contribution is -2.50. The highest BCUT2D eigenvalue weighted by atomic mass is 32.1. The molecule has 1 aromatic rings. The van der Waals surface area contributed by atoms with Crippen molar-refractivity contribution in [1.29, 1.82) is 0 Å². The van der Waals surface area contributed by atoms with Gasteiger partial charge in [-0.1, -0.05) is 0 Å². The Kier molecular flexibility index (Phi) is 4.30. The molecule has 0 radical (unpaired) electrons. The molecule has 0 unspecified atom stereocenters. The van der Waals surface area contributed by atoms with E-state index in [0.717, 1.165) is 37.6 Å². The number of nitrogens with one attached hydrogen (secondary N) is 1. The summed E-state index contributed by atoms with van der Waals surface area (Å²) in [7, 11) is 0. The molecule has 1 aromatic heterocycles. The number of fused-ring (bicyclic) bond motifs is 1. The molecular formula is C17H24N4O2S. The van der Waals surface area contributed by atoms with Crippen LogP contribution in [0, 0.1) is 11.8 Å². The summed E-state index contributed by atoms with van der Waals surface area (Å²) in [5.74, 6) is 1.11. The number of thiazole rings is 1. The molecule has 0 bridgehead atoms. The predicted octanol–water partition coefficient (Wildman–Crippen LogP) is 1.09. The largest absolute Gasteiger partial charge is 0.354 e. The van der Waals surface area contributed by atoms with Crippen LogP contribution in [0.4, 0.5) is 0 Å². The monoisotopic (exact) mass is 348 g/mol. The van der Waals surface area contributed by atoms with E-state index < -0.39 is 0 Å². The van der Waals surface area contributed by atoms with Gasteiger partial charge in [0.1, 0.15) is 11.0 Å². The second kappa shape index (κ2) is 6.44. The van der Waals surface area contributed by atoms with E-state index in [4.69, 9.17) is 0 Å². The van der Waals surface area contributed by atoms with Crippen LogP contribution >= 0.6 is 11.3 Å². The number of rotatable bonds is 5. The highest BCUT2D eigenvalue weighted by molar-refractivity contribution is 7.09. The molecule has 0 spiro atoms. The maximum atomic E-state index is 12.5. The van der Waals surface area contributed by atoms with Crippen LogP contribution in [0.25, 0.3) is 0 Å². The molecule has 7 heteroatoms. The van der Waals surface area contributed by atoms with E-state index >= 15 is 0 Å². The van der Waals surface area contributed by atoms with E-state index in [2.05, 4.69) is 15.2 Å². The number of carbonyl (C=O) groups is 2. The van der Waals surface area contributed by atoms with Crippen LogP contribution in [0.1, 0.15) is 31.2 Å². The molecule has 2 amide bonds. The molecule has 3 aliphatic rings. The van der Waals surface area contributed by atoms with Gasteiger partial charge in [-0.15, -0.1) is 11.3 Å².